The van der Waals surface area contributed by atoms with Gasteiger partial charge in [-0.15, -0.1) is 0 Å². The van der Waals surface area contributed by atoms with E-state index >= 15 is 0 Å². The van der Waals surface area contributed by atoms with E-state index in [-0.39, 0.29) is 0 Å². The third kappa shape index (κ3) is 4.01. The summed E-state index contributed by atoms with van der Waals surface area (Å²) in [4.78, 5) is 14.0. The summed E-state index contributed by atoms with van der Waals surface area (Å²) in [6.07, 6.45) is 4.66. The minimum Gasteiger partial charge on any atom is -0.490 e. The van der Waals surface area contributed by atoms with Gasteiger partial charge in [-0.05, 0) is 31.9 Å². The third-order valence-corrected chi connectivity index (χ3v) is 4.84. The van der Waals surface area contributed by atoms with Crippen LogP contribution in [-0.4, -0.2) is 43.2 Å². The van der Waals surface area contributed by atoms with Gasteiger partial charge in [0.15, 0.2) is 11.5 Å². The topological polar surface area (TPSA) is 50.8 Å². The summed E-state index contributed by atoms with van der Waals surface area (Å²) in [6.45, 7) is 6.17. The Balaban J connectivity index is 1.50. The van der Waals surface area contributed by atoms with Crippen molar-refractivity contribution in [1.29, 1.82) is 0 Å². The lowest BCUT2D eigenvalue weighted by Crippen LogP contribution is -2.37. The number of ether oxygens (including phenoxy) is 2. The molecule has 1 unspecified atom stereocenters. The molecule has 1 atom stereocenters. The SMILES string of the molecule is CCC(CCNCc1cccc2c1OCCCO2)N1CCCC1=O. The Kier molecular flexibility index (Phi) is 5.96. The fourth-order valence-electron chi connectivity index (χ4n) is 3.52. The lowest BCUT2D eigenvalue weighted by Gasteiger charge is -2.27. The van der Waals surface area contributed by atoms with Crippen molar-refractivity contribution < 1.29 is 14.3 Å². The van der Waals surface area contributed by atoms with Crippen LogP contribution in [0.25, 0.3) is 0 Å². The molecule has 1 amide bonds. The van der Waals surface area contributed by atoms with E-state index in [1.54, 1.807) is 0 Å². The lowest BCUT2D eigenvalue weighted by atomic mass is 10.1. The van der Waals surface area contributed by atoms with E-state index in [9.17, 15) is 4.79 Å². The van der Waals surface area contributed by atoms with E-state index in [2.05, 4.69) is 23.2 Å². The molecule has 1 aromatic carbocycles. The second-order valence-corrected chi connectivity index (χ2v) is 6.51. The first-order valence-electron chi connectivity index (χ1n) is 9.17. The van der Waals surface area contributed by atoms with Crippen molar-refractivity contribution >= 4 is 5.91 Å². The predicted molar refractivity (Wildman–Crippen MR) is 93.4 cm³/mol. The number of benzene rings is 1. The maximum Gasteiger partial charge on any atom is 0.222 e. The van der Waals surface area contributed by atoms with Gasteiger partial charge in [-0.3, -0.25) is 4.79 Å². The van der Waals surface area contributed by atoms with Gasteiger partial charge in [0.05, 0.1) is 13.2 Å². The van der Waals surface area contributed by atoms with Crippen molar-refractivity contribution in [1.82, 2.24) is 10.2 Å². The molecular formula is C19H28N2O3. The largest absolute Gasteiger partial charge is 0.490 e. The van der Waals surface area contributed by atoms with Gasteiger partial charge in [-0.2, -0.15) is 0 Å². The molecule has 5 heteroatoms. The monoisotopic (exact) mass is 332 g/mol. The minimum atomic E-state index is 0.320. The van der Waals surface area contributed by atoms with Gasteiger partial charge in [0.25, 0.3) is 0 Å². The molecule has 2 aliphatic rings. The minimum absolute atomic E-state index is 0.320. The maximum atomic E-state index is 11.9. The Bertz CT molecular complexity index is 562. The van der Waals surface area contributed by atoms with Gasteiger partial charge in [-0.25, -0.2) is 0 Å². The van der Waals surface area contributed by atoms with Gasteiger partial charge in [-0.1, -0.05) is 19.1 Å². The van der Waals surface area contributed by atoms with Gasteiger partial charge < -0.3 is 19.7 Å². The summed E-state index contributed by atoms with van der Waals surface area (Å²) in [5, 5.41) is 3.50. The number of carbonyl (C=O) groups excluding carboxylic acids is 1. The molecule has 5 nitrogen and oxygen atoms in total. The molecular weight excluding hydrogens is 304 g/mol. The van der Waals surface area contributed by atoms with Gasteiger partial charge in [0.2, 0.25) is 5.91 Å². The number of nitrogens with zero attached hydrogens (tertiary/aromatic N) is 1. The van der Waals surface area contributed by atoms with Crippen LogP contribution in [-0.2, 0) is 11.3 Å². The Morgan fingerprint density at radius 3 is 2.92 bits per heavy atom. The molecule has 1 aromatic rings. The average Bonchev–Trinajstić information content (AvgIpc) is 2.87. The predicted octanol–water partition coefficient (Wildman–Crippen LogP) is 2.73. The molecule has 2 heterocycles. The second-order valence-electron chi connectivity index (χ2n) is 6.51. The quantitative estimate of drug-likeness (QED) is 0.780. The number of amides is 1. The normalized spacial score (nSPS) is 18.5. The zero-order valence-corrected chi connectivity index (χ0v) is 14.6. The number of hydrogen-bond donors (Lipinski definition) is 1. The van der Waals surface area contributed by atoms with Gasteiger partial charge in [0.1, 0.15) is 0 Å². The molecule has 0 aliphatic carbocycles. The molecule has 1 fully saturated rings. The number of rotatable bonds is 7. The number of fused-ring (bicyclic) bond motifs is 1. The highest BCUT2D eigenvalue weighted by Crippen LogP contribution is 2.33. The Hall–Kier alpha value is -1.75. The highest BCUT2D eigenvalue weighted by molar-refractivity contribution is 5.78. The number of carbonyl (C=O) groups is 1. The molecule has 0 aromatic heterocycles. The Morgan fingerprint density at radius 1 is 1.25 bits per heavy atom. The summed E-state index contributed by atoms with van der Waals surface area (Å²) in [5.41, 5.74) is 1.14. The summed E-state index contributed by atoms with van der Waals surface area (Å²) in [6, 6.07) is 6.43. The first-order chi connectivity index (χ1) is 11.8. The highest BCUT2D eigenvalue weighted by atomic mass is 16.5. The average molecular weight is 332 g/mol. The molecule has 2 aliphatic heterocycles. The van der Waals surface area contributed by atoms with Crippen LogP contribution in [0.5, 0.6) is 11.5 Å². The van der Waals surface area contributed by atoms with Crippen molar-refractivity contribution in [3.8, 4) is 11.5 Å². The zero-order valence-electron chi connectivity index (χ0n) is 14.6. The van der Waals surface area contributed by atoms with Gasteiger partial charge >= 0.3 is 0 Å². The van der Waals surface area contributed by atoms with E-state index in [0.29, 0.717) is 25.2 Å². The van der Waals surface area contributed by atoms with Crippen LogP contribution in [0.2, 0.25) is 0 Å². The van der Waals surface area contributed by atoms with E-state index < -0.39 is 0 Å². The number of nitrogens with one attached hydrogen (secondary N) is 1. The summed E-state index contributed by atoms with van der Waals surface area (Å²) < 4.78 is 11.6. The molecule has 0 radical (unpaired) electrons. The van der Waals surface area contributed by atoms with Crippen molar-refractivity contribution in [2.45, 2.75) is 51.6 Å². The van der Waals surface area contributed by atoms with Crippen LogP contribution in [0.4, 0.5) is 0 Å². The molecule has 3 rings (SSSR count). The molecule has 1 N–H and O–H groups in total. The Labute approximate surface area is 144 Å². The van der Waals surface area contributed by atoms with Crippen molar-refractivity contribution in [3.63, 3.8) is 0 Å². The van der Waals surface area contributed by atoms with Crippen molar-refractivity contribution in [2.24, 2.45) is 0 Å². The maximum absolute atomic E-state index is 11.9. The van der Waals surface area contributed by atoms with E-state index in [0.717, 1.165) is 68.8 Å². The summed E-state index contributed by atoms with van der Waals surface area (Å²) in [7, 11) is 0. The van der Waals surface area contributed by atoms with Crippen LogP contribution >= 0.6 is 0 Å². The molecule has 1 saturated heterocycles. The van der Waals surface area contributed by atoms with Crippen LogP contribution in [0.1, 0.15) is 44.6 Å². The third-order valence-electron chi connectivity index (χ3n) is 4.84. The van der Waals surface area contributed by atoms with Crippen LogP contribution in [0.15, 0.2) is 18.2 Å². The number of hydrogen-bond acceptors (Lipinski definition) is 4. The molecule has 0 spiro atoms. The highest BCUT2D eigenvalue weighted by Gasteiger charge is 2.26. The van der Waals surface area contributed by atoms with E-state index in [1.807, 2.05) is 12.1 Å². The summed E-state index contributed by atoms with van der Waals surface area (Å²) in [5.74, 6) is 2.05. The second kappa shape index (κ2) is 8.38. The van der Waals surface area contributed by atoms with Crippen molar-refractivity contribution in [3.05, 3.63) is 23.8 Å². The van der Waals surface area contributed by atoms with Gasteiger partial charge in [0, 0.05) is 37.5 Å². The summed E-state index contributed by atoms with van der Waals surface area (Å²) >= 11 is 0. The number of para-hydroxylation sites is 1. The first kappa shape index (κ1) is 17.1. The van der Waals surface area contributed by atoms with E-state index in [1.165, 1.54) is 0 Å². The Morgan fingerprint density at radius 2 is 2.12 bits per heavy atom. The first-order valence-corrected chi connectivity index (χ1v) is 9.17. The number of likely N-dealkylation sites (tertiary alicyclic amines) is 1. The molecule has 24 heavy (non-hydrogen) atoms. The van der Waals surface area contributed by atoms with E-state index in [4.69, 9.17) is 9.47 Å². The van der Waals surface area contributed by atoms with Crippen LogP contribution in [0, 0.1) is 0 Å². The zero-order chi connectivity index (χ0) is 16.8. The lowest BCUT2D eigenvalue weighted by molar-refractivity contribution is -0.129. The smallest absolute Gasteiger partial charge is 0.222 e. The van der Waals surface area contributed by atoms with Crippen LogP contribution in [0.3, 0.4) is 0 Å². The standard InChI is InChI=1S/C19H28N2O3/c1-2-16(21-11-4-8-18(21)22)9-10-20-14-15-6-3-7-17-19(15)24-13-5-12-23-17/h3,6-7,16,20H,2,4-5,8-14H2,1H3. The fraction of sp³-hybridized carbons (Fsp3) is 0.632. The van der Waals surface area contributed by atoms with Crippen molar-refractivity contribution in [2.75, 3.05) is 26.3 Å². The fourth-order valence-corrected chi connectivity index (χ4v) is 3.52. The molecule has 132 valence electrons. The van der Waals surface area contributed by atoms with Crippen LogP contribution < -0.4 is 14.8 Å². The molecule has 0 saturated carbocycles. The molecule has 0 bridgehead atoms.